The Labute approximate surface area is 101 Å². The lowest BCUT2D eigenvalue weighted by Crippen LogP contribution is -2.67. The Kier molecular flexibility index (Phi) is 2.26. The van der Waals surface area contributed by atoms with Gasteiger partial charge in [-0.25, -0.2) is 13.1 Å². The second-order valence-electron chi connectivity index (χ2n) is 6.38. The molecule has 4 aliphatic carbocycles. The summed E-state index contributed by atoms with van der Waals surface area (Å²) in [6.45, 7) is 0. The highest BCUT2D eigenvalue weighted by atomic mass is 32.2. The molecule has 4 bridgehead atoms. The maximum atomic E-state index is 11.3. The van der Waals surface area contributed by atoms with Gasteiger partial charge in [0.05, 0.1) is 17.5 Å². The Bertz CT molecular complexity index is 410. The van der Waals surface area contributed by atoms with Gasteiger partial charge in [-0.15, -0.1) is 0 Å². The molecular formula is C11H19NO4S. The summed E-state index contributed by atoms with van der Waals surface area (Å²) in [5, 5.41) is 20.7. The molecule has 0 heterocycles. The van der Waals surface area contributed by atoms with E-state index in [-0.39, 0.29) is 17.9 Å². The minimum Gasteiger partial charge on any atom is -0.390 e. The Balaban J connectivity index is 1.88. The van der Waals surface area contributed by atoms with Crippen molar-refractivity contribution in [3.8, 4) is 0 Å². The van der Waals surface area contributed by atoms with E-state index in [9.17, 15) is 18.6 Å². The zero-order valence-corrected chi connectivity index (χ0v) is 10.7. The molecule has 0 saturated heterocycles. The SMILES string of the molecule is CS(=O)(=O)NC1C2CC3(O)CC1CC(O)(C2)C3. The van der Waals surface area contributed by atoms with Crippen LogP contribution in [0.1, 0.15) is 32.1 Å². The fourth-order valence-electron chi connectivity index (χ4n) is 4.50. The molecule has 0 amide bonds. The van der Waals surface area contributed by atoms with E-state index in [1.54, 1.807) is 0 Å². The molecule has 4 fully saturated rings. The monoisotopic (exact) mass is 261 g/mol. The Morgan fingerprint density at radius 3 is 1.82 bits per heavy atom. The van der Waals surface area contributed by atoms with E-state index in [1.807, 2.05) is 0 Å². The van der Waals surface area contributed by atoms with Crippen LogP contribution in [0.3, 0.4) is 0 Å². The third-order valence-corrected chi connectivity index (χ3v) is 5.29. The smallest absolute Gasteiger partial charge is 0.208 e. The van der Waals surface area contributed by atoms with Crippen LogP contribution in [0.4, 0.5) is 0 Å². The van der Waals surface area contributed by atoms with E-state index >= 15 is 0 Å². The van der Waals surface area contributed by atoms with Gasteiger partial charge < -0.3 is 10.2 Å². The van der Waals surface area contributed by atoms with Gasteiger partial charge in [0.2, 0.25) is 10.0 Å². The Hall–Kier alpha value is -0.170. The quantitative estimate of drug-likeness (QED) is 0.631. The zero-order chi connectivity index (χ0) is 12.5. The highest BCUT2D eigenvalue weighted by molar-refractivity contribution is 7.88. The number of hydrogen-bond acceptors (Lipinski definition) is 4. The van der Waals surface area contributed by atoms with Crippen LogP contribution < -0.4 is 4.72 Å². The molecule has 4 aliphatic rings. The van der Waals surface area contributed by atoms with Crippen molar-refractivity contribution >= 4 is 10.0 Å². The molecule has 6 heteroatoms. The molecule has 0 aromatic rings. The van der Waals surface area contributed by atoms with Gasteiger partial charge in [-0.3, -0.25) is 0 Å². The van der Waals surface area contributed by atoms with Crippen molar-refractivity contribution in [2.45, 2.75) is 49.3 Å². The number of rotatable bonds is 2. The first kappa shape index (κ1) is 11.9. The van der Waals surface area contributed by atoms with Crippen LogP contribution in [0.2, 0.25) is 0 Å². The lowest BCUT2D eigenvalue weighted by atomic mass is 9.50. The van der Waals surface area contributed by atoms with E-state index in [0.29, 0.717) is 32.1 Å². The molecule has 0 aromatic carbocycles. The van der Waals surface area contributed by atoms with Crippen molar-refractivity contribution in [3.05, 3.63) is 0 Å². The van der Waals surface area contributed by atoms with Gasteiger partial charge in [-0.05, 0) is 37.5 Å². The molecule has 0 unspecified atom stereocenters. The molecule has 4 saturated carbocycles. The number of aliphatic hydroxyl groups is 2. The average molecular weight is 261 g/mol. The van der Waals surface area contributed by atoms with Crippen LogP contribution in [-0.4, -0.2) is 42.1 Å². The molecule has 5 nitrogen and oxygen atoms in total. The second-order valence-corrected chi connectivity index (χ2v) is 8.16. The van der Waals surface area contributed by atoms with E-state index in [4.69, 9.17) is 0 Å². The van der Waals surface area contributed by atoms with Crippen molar-refractivity contribution in [2.75, 3.05) is 6.26 Å². The van der Waals surface area contributed by atoms with Crippen molar-refractivity contribution in [2.24, 2.45) is 11.8 Å². The lowest BCUT2D eigenvalue weighted by molar-refractivity contribution is -0.206. The van der Waals surface area contributed by atoms with Crippen LogP contribution >= 0.6 is 0 Å². The molecule has 17 heavy (non-hydrogen) atoms. The van der Waals surface area contributed by atoms with Crippen molar-refractivity contribution in [1.29, 1.82) is 0 Å². The van der Waals surface area contributed by atoms with Gasteiger partial charge in [0, 0.05) is 12.5 Å². The molecule has 0 atom stereocenters. The molecule has 0 spiro atoms. The Morgan fingerprint density at radius 2 is 1.47 bits per heavy atom. The van der Waals surface area contributed by atoms with E-state index < -0.39 is 21.2 Å². The predicted octanol–water partition coefficient (Wildman–Crippen LogP) is -0.410. The first-order chi connectivity index (χ1) is 7.68. The van der Waals surface area contributed by atoms with Crippen LogP contribution in [0.25, 0.3) is 0 Å². The van der Waals surface area contributed by atoms with Crippen molar-refractivity contribution < 1.29 is 18.6 Å². The molecular weight excluding hydrogens is 242 g/mol. The molecule has 3 N–H and O–H groups in total. The average Bonchev–Trinajstić information content (AvgIpc) is 2.05. The van der Waals surface area contributed by atoms with Crippen molar-refractivity contribution in [1.82, 2.24) is 4.72 Å². The minimum absolute atomic E-state index is 0.0703. The largest absolute Gasteiger partial charge is 0.390 e. The van der Waals surface area contributed by atoms with E-state index in [0.717, 1.165) is 0 Å². The zero-order valence-electron chi connectivity index (χ0n) is 9.89. The summed E-state index contributed by atoms with van der Waals surface area (Å²) < 4.78 is 25.4. The highest BCUT2D eigenvalue weighted by Gasteiger charge is 2.60. The summed E-state index contributed by atoms with van der Waals surface area (Å²) in [4.78, 5) is 0. The third kappa shape index (κ3) is 2.01. The fraction of sp³-hybridized carbons (Fsp3) is 1.00. The molecule has 0 aliphatic heterocycles. The summed E-state index contributed by atoms with van der Waals surface area (Å²) in [5.41, 5.74) is -1.54. The highest BCUT2D eigenvalue weighted by Crippen LogP contribution is 2.57. The van der Waals surface area contributed by atoms with E-state index in [2.05, 4.69) is 4.72 Å². The minimum atomic E-state index is -3.22. The van der Waals surface area contributed by atoms with Crippen LogP contribution in [0.15, 0.2) is 0 Å². The summed E-state index contributed by atoms with van der Waals surface area (Å²) in [7, 11) is -3.22. The first-order valence-electron chi connectivity index (χ1n) is 6.10. The van der Waals surface area contributed by atoms with Gasteiger partial charge in [0.25, 0.3) is 0 Å². The van der Waals surface area contributed by atoms with Gasteiger partial charge in [-0.1, -0.05) is 0 Å². The second kappa shape index (κ2) is 3.23. The maximum Gasteiger partial charge on any atom is 0.208 e. The fourth-order valence-corrected chi connectivity index (χ4v) is 5.38. The summed E-state index contributed by atoms with van der Waals surface area (Å²) in [5.74, 6) is 0.141. The Morgan fingerprint density at radius 1 is 1.06 bits per heavy atom. The topological polar surface area (TPSA) is 86.6 Å². The molecule has 98 valence electrons. The van der Waals surface area contributed by atoms with Crippen molar-refractivity contribution in [3.63, 3.8) is 0 Å². The van der Waals surface area contributed by atoms with Gasteiger partial charge in [0.1, 0.15) is 0 Å². The standard InChI is InChI=1S/C11H19NO4S/c1-17(15,16)12-9-7-2-10(13)4-8(9)5-11(14,3-7)6-10/h7-9,12-14H,2-6H2,1H3. The molecule has 0 radical (unpaired) electrons. The van der Waals surface area contributed by atoms with Crippen LogP contribution in [0.5, 0.6) is 0 Å². The molecule has 0 aromatic heterocycles. The van der Waals surface area contributed by atoms with Gasteiger partial charge in [-0.2, -0.15) is 0 Å². The number of hydrogen-bond donors (Lipinski definition) is 3. The number of sulfonamides is 1. The van der Waals surface area contributed by atoms with Crippen LogP contribution in [0, 0.1) is 11.8 Å². The maximum absolute atomic E-state index is 11.3. The summed E-state index contributed by atoms with van der Waals surface area (Å²) in [6, 6.07) is -0.106. The molecule has 4 rings (SSSR count). The van der Waals surface area contributed by atoms with E-state index in [1.165, 1.54) is 6.26 Å². The number of nitrogens with one attached hydrogen (secondary N) is 1. The summed E-state index contributed by atoms with van der Waals surface area (Å²) in [6.07, 6.45) is 4.07. The predicted molar refractivity (Wildman–Crippen MR) is 61.7 cm³/mol. The third-order valence-electron chi connectivity index (χ3n) is 4.59. The first-order valence-corrected chi connectivity index (χ1v) is 7.99. The van der Waals surface area contributed by atoms with Gasteiger partial charge >= 0.3 is 0 Å². The lowest BCUT2D eigenvalue weighted by Gasteiger charge is -2.61. The van der Waals surface area contributed by atoms with Crippen LogP contribution in [-0.2, 0) is 10.0 Å². The normalized spacial score (nSPS) is 53.0. The summed E-state index contributed by atoms with van der Waals surface area (Å²) >= 11 is 0. The van der Waals surface area contributed by atoms with Gasteiger partial charge in [0.15, 0.2) is 0 Å².